The van der Waals surface area contributed by atoms with Gasteiger partial charge in [-0.1, -0.05) is 12.1 Å². The first-order valence-electron chi connectivity index (χ1n) is 10.8. The molecule has 3 N–H and O–H groups in total. The summed E-state index contributed by atoms with van der Waals surface area (Å²) in [6, 6.07) is 11.1. The number of hydrogen-bond donors (Lipinski definition) is 3. The molecule has 0 atom stereocenters. The van der Waals surface area contributed by atoms with E-state index in [4.69, 9.17) is 0 Å². The summed E-state index contributed by atoms with van der Waals surface area (Å²) >= 11 is 0. The van der Waals surface area contributed by atoms with Gasteiger partial charge in [-0.3, -0.25) is 14.4 Å². The number of sulfonamides is 1. The number of carbonyl (C=O) groups is 2. The second-order valence-corrected chi connectivity index (χ2v) is 10.1. The molecule has 2 aromatic rings. The van der Waals surface area contributed by atoms with Crippen molar-refractivity contribution in [3.05, 3.63) is 53.6 Å². The van der Waals surface area contributed by atoms with Gasteiger partial charge in [0.2, 0.25) is 5.91 Å². The number of rotatable bonds is 8. The first-order chi connectivity index (χ1) is 15.5. The quantitative estimate of drug-likeness (QED) is 0.536. The van der Waals surface area contributed by atoms with Crippen molar-refractivity contribution >= 4 is 33.3 Å². The number of carboxylic acid groups (broad SMARTS) is 1. The van der Waals surface area contributed by atoms with Crippen LogP contribution in [0.2, 0.25) is 0 Å². The van der Waals surface area contributed by atoms with Crippen LogP contribution in [0, 0.1) is 6.92 Å². The molecule has 33 heavy (non-hydrogen) atoms. The fourth-order valence-corrected chi connectivity index (χ4v) is 4.91. The molecule has 9 nitrogen and oxygen atoms in total. The molecule has 3 rings (SSSR count). The maximum absolute atomic E-state index is 12.7. The number of aryl methyl sites for hydroxylation is 1. The summed E-state index contributed by atoms with van der Waals surface area (Å²) in [6.45, 7) is 8.28. The summed E-state index contributed by atoms with van der Waals surface area (Å²) < 4.78 is 27.9. The fourth-order valence-electron chi connectivity index (χ4n) is 3.76. The van der Waals surface area contributed by atoms with Crippen molar-refractivity contribution in [2.24, 2.45) is 0 Å². The Morgan fingerprint density at radius 2 is 1.76 bits per heavy atom. The molecule has 0 aromatic heterocycles. The van der Waals surface area contributed by atoms with Gasteiger partial charge in [-0.2, -0.15) is 0 Å². The highest BCUT2D eigenvalue weighted by Crippen LogP contribution is 2.27. The van der Waals surface area contributed by atoms with E-state index in [0.29, 0.717) is 38.4 Å². The maximum Gasteiger partial charge on any atom is 0.337 e. The normalized spacial score (nSPS) is 14.8. The summed E-state index contributed by atoms with van der Waals surface area (Å²) in [6.07, 6.45) is 0. The molecular formula is C23H30N4O5S. The highest BCUT2D eigenvalue weighted by molar-refractivity contribution is 7.92. The van der Waals surface area contributed by atoms with Crippen LogP contribution in [0.3, 0.4) is 0 Å². The minimum atomic E-state index is -3.84. The number of nitrogens with zero attached hydrogens (tertiary/aromatic N) is 2. The van der Waals surface area contributed by atoms with E-state index < -0.39 is 16.0 Å². The lowest BCUT2D eigenvalue weighted by molar-refractivity contribution is -0.122. The molecular weight excluding hydrogens is 444 g/mol. The van der Waals surface area contributed by atoms with Gasteiger partial charge in [0.25, 0.3) is 10.0 Å². The van der Waals surface area contributed by atoms with E-state index in [2.05, 4.69) is 10.0 Å². The molecule has 1 heterocycles. The van der Waals surface area contributed by atoms with Crippen molar-refractivity contribution < 1.29 is 23.1 Å². The molecule has 0 aliphatic carbocycles. The standard InChI is InChI=1S/C23H30N4O5S/c1-16(2)24-22(28)15-26-9-11-27(12-10-26)21-8-7-18(14-20(21)23(29)30)25-33(31,32)19-6-4-5-17(3)13-19/h4-8,13-14,16,25H,9-12,15H2,1-3H3,(H,24,28)(H,29,30). The molecule has 1 fully saturated rings. The summed E-state index contributed by atoms with van der Waals surface area (Å²) in [5.41, 5.74) is 1.53. The van der Waals surface area contributed by atoms with Crippen LogP contribution in [0.4, 0.5) is 11.4 Å². The van der Waals surface area contributed by atoms with E-state index in [1.807, 2.05) is 23.6 Å². The Kier molecular flexibility index (Phi) is 7.60. The summed E-state index contributed by atoms with van der Waals surface area (Å²) in [5, 5.41) is 12.6. The van der Waals surface area contributed by atoms with Crippen molar-refractivity contribution in [1.82, 2.24) is 10.2 Å². The van der Waals surface area contributed by atoms with E-state index in [1.54, 1.807) is 37.3 Å². The maximum atomic E-state index is 12.7. The molecule has 178 valence electrons. The predicted octanol–water partition coefficient (Wildman–Crippen LogP) is 2.14. The molecule has 10 heteroatoms. The zero-order chi connectivity index (χ0) is 24.2. The Balaban J connectivity index is 1.72. The zero-order valence-corrected chi connectivity index (χ0v) is 19.9. The predicted molar refractivity (Wildman–Crippen MR) is 127 cm³/mol. The van der Waals surface area contributed by atoms with Crippen LogP contribution in [0.1, 0.15) is 29.8 Å². The van der Waals surface area contributed by atoms with Crippen LogP contribution >= 0.6 is 0 Å². The number of nitrogens with one attached hydrogen (secondary N) is 2. The first-order valence-corrected chi connectivity index (χ1v) is 12.3. The Labute approximate surface area is 194 Å². The monoisotopic (exact) mass is 474 g/mol. The van der Waals surface area contributed by atoms with E-state index in [0.717, 1.165) is 5.56 Å². The van der Waals surface area contributed by atoms with Gasteiger partial charge in [-0.15, -0.1) is 0 Å². The lowest BCUT2D eigenvalue weighted by Gasteiger charge is -2.36. The van der Waals surface area contributed by atoms with Crippen molar-refractivity contribution in [3.63, 3.8) is 0 Å². The van der Waals surface area contributed by atoms with Crippen molar-refractivity contribution in [2.45, 2.75) is 31.7 Å². The molecule has 0 saturated carbocycles. The van der Waals surface area contributed by atoms with Gasteiger partial charge in [0.05, 0.1) is 22.7 Å². The minimum absolute atomic E-state index is 0.0189. The Hall–Kier alpha value is -3.11. The SMILES string of the molecule is Cc1cccc(S(=O)(=O)Nc2ccc(N3CCN(CC(=O)NC(C)C)CC3)c(C(=O)O)c2)c1. The number of benzene rings is 2. The third-order valence-electron chi connectivity index (χ3n) is 5.31. The van der Waals surface area contributed by atoms with Gasteiger partial charge in [0.15, 0.2) is 0 Å². The van der Waals surface area contributed by atoms with E-state index in [1.165, 1.54) is 12.1 Å². The van der Waals surface area contributed by atoms with E-state index in [-0.39, 0.29) is 28.1 Å². The number of anilines is 2. The average Bonchev–Trinajstić information content (AvgIpc) is 2.73. The molecule has 1 aliphatic rings. The molecule has 0 spiro atoms. The van der Waals surface area contributed by atoms with Crippen LogP contribution < -0.4 is 14.9 Å². The minimum Gasteiger partial charge on any atom is -0.478 e. The van der Waals surface area contributed by atoms with Crippen molar-refractivity contribution in [3.8, 4) is 0 Å². The second kappa shape index (κ2) is 10.2. The largest absolute Gasteiger partial charge is 0.478 e. The number of amides is 1. The molecule has 0 radical (unpaired) electrons. The van der Waals surface area contributed by atoms with Gasteiger partial charge < -0.3 is 15.3 Å². The van der Waals surface area contributed by atoms with Crippen LogP contribution in [0.5, 0.6) is 0 Å². The third-order valence-corrected chi connectivity index (χ3v) is 6.69. The second-order valence-electron chi connectivity index (χ2n) is 8.44. The van der Waals surface area contributed by atoms with Crippen LogP contribution in [0.25, 0.3) is 0 Å². The number of carbonyl (C=O) groups excluding carboxylic acids is 1. The summed E-state index contributed by atoms with van der Waals surface area (Å²) in [7, 11) is -3.84. The Morgan fingerprint density at radius 3 is 2.36 bits per heavy atom. The Bertz CT molecular complexity index is 1130. The van der Waals surface area contributed by atoms with Gasteiger partial charge in [0, 0.05) is 37.9 Å². The van der Waals surface area contributed by atoms with Crippen LogP contribution in [0.15, 0.2) is 47.4 Å². The van der Waals surface area contributed by atoms with Gasteiger partial charge in [0.1, 0.15) is 0 Å². The van der Waals surface area contributed by atoms with E-state index in [9.17, 15) is 23.1 Å². The number of carboxylic acids is 1. The molecule has 2 aromatic carbocycles. The van der Waals surface area contributed by atoms with Crippen molar-refractivity contribution in [2.75, 3.05) is 42.3 Å². The molecule has 0 bridgehead atoms. The summed E-state index contributed by atoms with van der Waals surface area (Å²) in [5.74, 6) is -1.17. The first kappa shape index (κ1) is 24.5. The van der Waals surface area contributed by atoms with Crippen LogP contribution in [-0.2, 0) is 14.8 Å². The highest BCUT2D eigenvalue weighted by atomic mass is 32.2. The molecule has 1 amide bonds. The zero-order valence-electron chi connectivity index (χ0n) is 19.0. The lowest BCUT2D eigenvalue weighted by Crippen LogP contribution is -2.50. The topological polar surface area (TPSA) is 119 Å². The van der Waals surface area contributed by atoms with Crippen LogP contribution in [-0.4, -0.2) is 69.1 Å². The van der Waals surface area contributed by atoms with Gasteiger partial charge >= 0.3 is 5.97 Å². The third kappa shape index (κ3) is 6.45. The summed E-state index contributed by atoms with van der Waals surface area (Å²) in [4.78, 5) is 28.0. The average molecular weight is 475 g/mol. The lowest BCUT2D eigenvalue weighted by atomic mass is 10.1. The highest BCUT2D eigenvalue weighted by Gasteiger charge is 2.24. The van der Waals surface area contributed by atoms with Gasteiger partial charge in [-0.05, 0) is 56.7 Å². The smallest absolute Gasteiger partial charge is 0.337 e. The van der Waals surface area contributed by atoms with Gasteiger partial charge in [-0.25, -0.2) is 13.2 Å². The van der Waals surface area contributed by atoms with Crippen molar-refractivity contribution in [1.29, 1.82) is 0 Å². The molecule has 0 unspecified atom stereocenters. The van der Waals surface area contributed by atoms with E-state index >= 15 is 0 Å². The molecule has 1 aliphatic heterocycles. The molecule has 1 saturated heterocycles. The fraction of sp³-hybridized carbons (Fsp3) is 0.391. The number of aromatic carboxylic acids is 1. The number of piperazine rings is 1. The Morgan fingerprint density at radius 1 is 1.06 bits per heavy atom. The number of hydrogen-bond acceptors (Lipinski definition) is 6.